The lowest BCUT2D eigenvalue weighted by Gasteiger charge is -2.14. The molecule has 1 heterocycles. The second-order valence-electron chi connectivity index (χ2n) is 10.4. The van der Waals surface area contributed by atoms with E-state index in [9.17, 15) is 0 Å². The maximum absolute atomic E-state index is 5.21. The van der Waals surface area contributed by atoms with Crippen molar-refractivity contribution in [3.05, 3.63) is 168 Å². The predicted octanol–water partition coefficient (Wildman–Crippen LogP) is 9.53. The van der Waals surface area contributed by atoms with Gasteiger partial charge in [-0.05, 0) is 47.0 Å². The third-order valence-corrected chi connectivity index (χ3v) is 7.91. The van der Waals surface area contributed by atoms with Crippen molar-refractivity contribution in [3.8, 4) is 16.8 Å². The van der Waals surface area contributed by atoms with E-state index >= 15 is 0 Å². The zero-order valence-corrected chi connectivity index (χ0v) is 23.5. The first-order chi connectivity index (χ1) is 20.8. The van der Waals surface area contributed by atoms with Crippen molar-refractivity contribution in [2.24, 2.45) is 4.99 Å². The van der Waals surface area contributed by atoms with Crippen LogP contribution in [0, 0.1) is 0 Å². The molecule has 1 aromatic heterocycles. The fourth-order valence-corrected chi connectivity index (χ4v) is 5.81. The van der Waals surface area contributed by atoms with Crippen LogP contribution in [0.3, 0.4) is 0 Å². The molecule has 0 aliphatic rings. The molecule has 3 nitrogen and oxygen atoms in total. The molecule has 0 fully saturated rings. The number of anilines is 1. The van der Waals surface area contributed by atoms with Gasteiger partial charge in [0.25, 0.3) is 0 Å². The zero-order chi connectivity index (χ0) is 28.3. The zero-order valence-electron chi connectivity index (χ0n) is 23.5. The number of nitrogens with one attached hydrogen (secondary N) is 1. The Morgan fingerprint density at radius 3 is 1.81 bits per heavy atom. The Labute approximate surface area is 246 Å². The summed E-state index contributed by atoms with van der Waals surface area (Å²) in [5, 5.41) is 5.89. The molecule has 7 aromatic rings. The van der Waals surface area contributed by atoms with Crippen LogP contribution in [0.4, 0.5) is 5.69 Å². The first-order valence-corrected chi connectivity index (χ1v) is 14.3. The van der Waals surface area contributed by atoms with Gasteiger partial charge in [0, 0.05) is 40.3 Å². The number of aliphatic imine (C=N–C) groups is 1. The number of hydrogen-bond donors (Lipinski definition) is 1. The van der Waals surface area contributed by atoms with Gasteiger partial charge in [-0.2, -0.15) is 0 Å². The largest absolute Gasteiger partial charge is 0.388 e. The second-order valence-corrected chi connectivity index (χ2v) is 10.4. The van der Waals surface area contributed by atoms with Crippen molar-refractivity contribution in [2.75, 3.05) is 12.4 Å². The molecule has 0 spiro atoms. The Kier molecular flexibility index (Phi) is 6.83. The summed E-state index contributed by atoms with van der Waals surface area (Å²) >= 11 is 0. The van der Waals surface area contributed by atoms with Crippen LogP contribution < -0.4 is 5.32 Å². The topological polar surface area (TPSA) is 29.3 Å². The average Bonchev–Trinajstić information content (AvgIpc) is 3.40. The number of para-hydroxylation sites is 3. The van der Waals surface area contributed by atoms with Gasteiger partial charge >= 0.3 is 0 Å². The predicted molar refractivity (Wildman–Crippen MR) is 178 cm³/mol. The van der Waals surface area contributed by atoms with Gasteiger partial charge in [0.05, 0.1) is 23.3 Å². The van der Waals surface area contributed by atoms with Gasteiger partial charge < -0.3 is 9.88 Å². The summed E-state index contributed by atoms with van der Waals surface area (Å²) in [5.41, 5.74) is 11.4. The Morgan fingerprint density at radius 2 is 1.14 bits per heavy atom. The highest BCUT2D eigenvalue weighted by molar-refractivity contribution is 6.16. The van der Waals surface area contributed by atoms with Crippen LogP contribution in [-0.4, -0.2) is 17.3 Å². The van der Waals surface area contributed by atoms with E-state index in [2.05, 4.69) is 155 Å². The molecule has 0 aliphatic carbocycles. The molecule has 6 aromatic carbocycles. The van der Waals surface area contributed by atoms with Gasteiger partial charge in [-0.1, -0.05) is 121 Å². The monoisotopic (exact) mass is 541 g/mol. The van der Waals surface area contributed by atoms with E-state index in [1.54, 1.807) is 0 Å². The third-order valence-electron chi connectivity index (χ3n) is 7.91. The number of rotatable bonds is 7. The van der Waals surface area contributed by atoms with Gasteiger partial charge in [0.2, 0.25) is 0 Å². The lowest BCUT2D eigenvalue weighted by molar-refractivity contribution is 1.06. The molecule has 0 bridgehead atoms. The Hall–Kier alpha value is -5.41. The van der Waals surface area contributed by atoms with Crippen molar-refractivity contribution in [1.29, 1.82) is 0 Å². The van der Waals surface area contributed by atoms with Gasteiger partial charge in [-0.25, -0.2) is 0 Å². The van der Waals surface area contributed by atoms with E-state index < -0.39 is 0 Å². The smallest absolute Gasteiger partial charge is 0.0743 e. The van der Waals surface area contributed by atoms with Crippen molar-refractivity contribution in [3.63, 3.8) is 0 Å². The Bertz CT molecular complexity index is 1960. The minimum atomic E-state index is 0.585. The van der Waals surface area contributed by atoms with E-state index in [1.807, 2.05) is 13.1 Å². The average molecular weight is 542 g/mol. The van der Waals surface area contributed by atoms with E-state index in [0.717, 1.165) is 28.2 Å². The molecule has 0 aliphatic heterocycles. The van der Waals surface area contributed by atoms with Gasteiger partial charge in [-0.15, -0.1) is 0 Å². The van der Waals surface area contributed by atoms with Crippen LogP contribution in [-0.2, 0) is 6.54 Å². The number of nitrogens with zero attached hydrogens (tertiary/aromatic N) is 2. The summed E-state index contributed by atoms with van der Waals surface area (Å²) < 4.78 is 2.35. The van der Waals surface area contributed by atoms with Crippen LogP contribution in [0.15, 0.2) is 157 Å². The SMILES string of the molecule is CNc1ccccc1/C(=N\Cc1ccc(-n2c3ccccc3c3ccccc32)cc1)c1ccc(-c2ccccc2)cc1. The third kappa shape index (κ3) is 4.76. The molecule has 0 saturated heterocycles. The first kappa shape index (κ1) is 25.6. The lowest BCUT2D eigenvalue weighted by Crippen LogP contribution is -2.08. The molecular weight excluding hydrogens is 510 g/mol. The standard InChI is InChI=1S/C39H31N3/c1-40-36-16-8-5-15-35(36)39(31-23-21-30(22-24-31)29-11-3-2-4-12-29)41-27-28-19-25-32(26-20-28)42-37-17-9-6-13-33(37)34-14-7-10-18-38(34)42/h2-26,40H,27H2,1H3/b41-39-. The highest BCUT2D eigenvalue weighted by atomic mass is 15.0. The number of hydrogen-bond acceptors (Lipinski definition) is 2. The minimum absolute atomic E-state index is 0.585. The Balaban J connectivity index is 1.24. The van der Waals surface area contributed by atoms with Crippen LogP contribution in [0.5, 0.6) is 0 Å². The summed E-state index contributed by atoms with van der Waals surface area (Å²) in [4.78, 5) is 5.21. The Morgan fingerprint density at radius 1 is 0.571 bits per heavy atom. The number of fused-ring (bicyclic) bond motifs is 3. The van der Waals surface area contributed by atoms with E-state index in [1.165, 1.54) is 38.5 Å². The quantitative estimate of drug-likeness (QED) is 0.200. The molecule has 0 radical (unpaired) electrons. The summed E-state index contributed by atoms with van der Waals surface area (Å²) in [7, 11) is 1.96. The molecule has 0 saturated carbocycles. The van der Waals surface area contributed by atoms with Gasteiger partial charge in [0.15, 0.2) is 0 Å². The van der Waals surface area contributed by atoms with Crippen LogP contribution >= 0.6 is 0 Å². The molecule has 0 atom stereocenters. The summed E-state index contributed by atoms with van der Waals surface area (Å²) in [6, 6.07) is 53.6. The fourth-order valence-electron chi connectivity index (χ4n) is 5.81. The number of benzene rings is 6. The molecule has 1 N–H and O–H groups in total. The summed E-state index contributed by atoms with van der Waals surface area (Å²) in [6.07, 6.45) is 0. The van der Waals surface area contributed by atoms with Crippen molar-refractivity contribution >= 4 is 33.2 Å². The first-order valence-electron chi connectivity index (χ1n) is 14.3. The molecule has 42 heavy (non-hydrogen) atoms. The van der Waals surface area contributed by atoms with Crippen molar-refractivity contribution < 1.29 is 0 Å². The molecule has 0 amide bonds. The fraction of sp³-hybridized carbons (Fsp3) is 0.0513. The summed E-state index contributed by atoms with van der Waals surface area (Å²) in [5.74, 6) is 0. The molecule has 202 valence electrons. The maximum Gasteiger partial charge on any atom is 0.0743 e. The van der Waals surface area contributed by atoms with E-state index in [4.69, 9.17) is 4.99 Å². The second kappa shape index (κ2) is 11.2. The highest BCUT2D eigenvalue weighted by Gasteiger charge is 2.13. The van der Waals surface area contributed by atoms with Crippen LogP contribution in [0.1, 0.15) is 16.7 Å². The molecule has 0 unspecified atom stereocenters. The normalized spacial score (nSPS) is 11.7. The van der Waals surface area contributed by atoms with E-state index in [0.29, 0.717) is 6.54 Å². The minimum Gasteiger partial charge on any atom is -0.388 e. The maximum atomic E-state index is 5.21. The van der Waals surface area contributed by atoms with Crippen molar-refractivity contribution in [2.45, 2.75) is 6.54 Å². The molecular formula is C39H31N3. The van der Waals surface area contributed by atoms with Gasteiger partial charge in [-0.3, -0.25) is 4.99 Å². The van der Waals surface area contributed by atoms with Crippen LogP contribution in [0.2, 0.25) is 0 Å². The summed E-state index contributed by atoms with van der Waals surface area (Å²) in [6.45, 7) is 0.585. The lowest BCUT2D eigenvalue weighted by atomic mass is 9.97. The van der Waals surface area contributed by atoms with Gasteiger partial charge in [0.1, 0.15) is 0 Å². The van der Waals surface area contributed by atoms with E-state index in [-0.39, 0.29) is 0 Å². The molecule has 7 rings (SSSR count). The number of aromatic nitrogens is 1. The van der Waals surface area contributed by atoms with Crippen LogP contribution in [0.25, 0.3) is 38.6 Å². The highest BCUT2D eigenvalue weighted by Crippen LogP contribution is 2.32. The molecule has 3 heteroatoms. The van der Waals surface area contributed by atoms with Crippen molar-refractivity contribution in [1.82, 2.24) is 4.57 Å².